The quantitative estimate of drug-likeness (QED) is 0.744. The second-order valence-electron chi connectivity index (χ2n) is 3.78. The normalized spacial score (nSPS) is 21.7. The Labute approximate surface area is 88.9 Å². The lowest BCUT2D eigenvalue weighted by atomic mass is 10.1. The van der Waals surface area contributed by atoms with Crippen molar-refractivity contribution in [3.8, 4) is 0 Å². The fourth-order valence-electron chi connectivity index (χ4n) is 1.89. The number of halogens is 1. The smallest absolute Gasteiger partial charge is 0.141 e. The van der Waals surface area contributed by atoms with Crippen LogP contribution in [-0.2, 0) is 4.74 Å². The van der Waals surface area contributed by atoms with Crippen molar-refractivity contribution in [3.05, 3.63) is 24.1 Å². The number of aromatic nitrogens is 1. The van der Waals surface area contributed by atoms with E-state index in [9.17, 15) is 4.39 Å². The molecule has 1 atom stereocenters. The Morgan fingerprint density at radius 1 is 1.53 bits per heavy atom. The topological polar surface area (TPSA) is 25.4 Å². The second kappa shape index (κ2) is 4.57. The summed E-state index contributed by atoms with van der Waals surface area (Å²) in [5.41, 5.74) is 0. The van der Waals surface area contributed by atoms with Gasteiger partial charge in [-0.2, -0.15) is 0 Å². The molecule has 1 saturated heterocycles. The van der Waals surface area contributed by atoms with Crippen LogP contribution in [0.4, 0.5) is 10.2 Å². The molecule has 1 fully saturated rings. The van der Waals surface area contributed by atoms with E-state index in [0.29, 0.717) is 0 Å². The zero-order valence-corrected chi connectivity index (χ0v) is 8.82. The lowest BCUT2D eigenvalue weighted by Gasteiger charge is -2.32. The number of methoxy groups -OCH3 is 1. The molecule has 15 heavy (non-hydrogen) atoms. The lowest BCUT2D eigenvalue weighted by Crippen LogP contribution is -2.39. The van der Waals surface area contributed by atoms with E-state index >= 15 is 0 Å². The maximum absolute atomic E-state index is 12.7. The Morgan fingerprint density at radius 3 is 3.07 bits per heavy atom. The van der Waals surface area contributed by atoms with Gasteiger partial charge in [0.2, 0.25) is 0 Å². The first kappa shape index (κ1) is 10.4. The summed E-state index contributed by atoms with van der Waals surface area (Å²) < 4.78 is 18.0. The molecule has 82 valence electrons. The molecular weight excluding hydrogens is 195 g/mol. The molecule has 0 spiro atoms. The van der Waals surface area contributed by atoms with Crippen LogP contribution in [0.1, 0.15) is 12.8 Å². The van der Waals surface area contributed by atoms with Crippen molar-refractivity contribution in [1.82, 2.24) is 4.98 Å². The van der Waals surface area contributed by atoms with Gasteiger partial charge >= 0.3 is 0 Å². The summed E-state index contributed by atoms with van der Waals surface area (Å²) in [6.45, 7) is 1.81. The zero-order valence-electron chi connectivity index (χ0n) is 8.82. The van der Waals surface area contributed by atoms with Crippen molar-refractivity contribution in [2.24, 2.45) is 0 Å². The monoisotopic (exact) mass is 210 g/mol. The molecule has 0 aliphatic carbocycles. The largest absolute Gasteiger partial charge is 0.380 e. The number of pyridine rings is 1. The Hall–Kier alpha value is -1.16. The van der Waals surface area contributed by atoms with Gasteiger partial charge in [0, 0.05) is 20.2 Å². The van der Waals surface area contributed by atoms with E-state index in [1.807, 2.05) is 0 Å². The Bertz CT molecular complexity index is 315. The van der Waals surface area contributed by atoms with Crippen LogP contribution in [0.25, 0.3) is 0 Å². The molecule has 0 bridgehead atoms. The highest BCUT2D eigenvalue weighted by Gasteiger charge is 2.20. The predicted octanol–water partition coefficient (Wildman–Crippen LogP) is 1.84. The average molecular weight is 210 g/mol. The molecule has 1 aliphatic heterocycles. The molecule has 0 amide bonds. The van der Waals surface area contributed by atoms with Crippen molar-refractivity contribution in [2.45, 2.75) is 18.9 Å². The van der Waals surface area contributed by atoms with E-state index in [1.165, 1.54) is 12.3 Å². The number of rotatable bonds is 2. The predicted molar refractivity (Wildman–Crippen MR) is 56.4 cm³/mol. The molecule has 0 saturated carbocycles. The number of hydrogen-bond donors (Lipinski definition) is 0. The molecule has 1 aliphatic rings. The SMILES string of the molecule is CO[C@@H]1CCCN(c2ccc(F)cn2)C1. The summed E-state index contributed by atoms with van der Waals surface area (Å²) in [5.74, 6) is 0.539. The number of anilines is 1. The Kier molecular flexibility index (Phi) is 3.16. The molecule has 0 N–H and O–H groups in total. The van der Waals surface area contributed by atoms with E-state index in [2.05, 4.69) is 9.88 Å². The van der Waals surface area contributed by atoms with E-state index < -0.39 is 0 Å². The Balaban J connectivity index is 2.06. The van der Waals surface area contributed by atoms with Crippen LogP contribution >= 0.6 is 0 Å². The van der Waals surface area contributed by atoms with E-state index in [1.54, 1.807) is 13.2 Å². The van der Waals surface area contributed by atoms with Crippen LogP contribution in [0.3, 0.4) is 0 Å². The summed E-state index contributed by atoms with van der Waals surface area (Å²) in [7, 11) is 1.73. The standard InChI is InChI=1S/C11H15FN2O/c1-15-10-3-2-6-14(8-10)11-5-4-9(12)7-13-11/h4-5,7,10H,2-3,6,8H2,1H3/t10-/m1/s1. The first-order valence-electron chi connectivity index (χ1n) is 5.19. The van der Waals surface area contributed by atoms with Gasteiger partial charge in [0.25, 0.3) is 0 Å². The molecular formula is C11H15FN2O. The molecule has 0 aromatic carbocycles. The van der Waals surface area contributed by atoms with Gasteiger partial charge in [-0.05, 0) is 25.0 Å². The first-order valence-corrected chi connectivity index (χ1v) is 5.19. The molecule has 4 heteroatoms. The van der Waals surface area contributed by atoms with Crippen LogP contribution in [0, 0.1) is 5.82 Å². The van der Waals surface area contributed by atoms with E-state index in [0.717, 1.165) is 31.7 Å². The minimum atomic E-state index is -0.293. The van der Waals surface area contributed by atoms with Gasteiger partial charge in [0.15, 0.2) is 0 Å². The minimum Gasteiger partial charge on any atom is -0.380 e. The van der Waals surface area contributed by atoms with Gasteiger partial charge in [0.05, 0.1) is 12.3 Å². The van der Waals surface area contributed by atoms with Crippen LogP contribution < -0.4 is 4.90 Å². The third-order valence-corrected chi connectivity index (χ3v) is 2.75. The molecule has 0 radical (unpaired) electrons. The molecule has 1 aromatic rings. The Morgan fingerprint density at radius 2 is 2.40 bits per heavy atom. The maximum Gasteiger partial charge on any atom is 0.141 e. The van der Waals surface area contributed by atoms with Crippen molar-refractivity contribution in [3.63, 3.8) is 0 Å². The zero-order chi connectivity index (χ0) is 10.7. The lowest BCUT2D eigenvalue weighted by molar-refractivity contribution is 0.0891. The highest BCUT2D eigenvalue weighted by Crippen LogP contribution is 2.18. The summed E-state index contributed by atoms with van der Waals surface area (Å²) in [6.07, 6.45) is 3.71. The molecule has 3 nitrogen and oxygen atoms in total. The van der Waals surface area contributed by atoms with E-state index in [4.69, 9.17) is 4.74 Å². The van der Waals surface area contributed by atoms with Gasteiger partial charge in [-0.15, -0.1) is 0 Å². The van der Waals surface area contributed by atoms with E-state index in [-0.39, 0.29) is 11.9 Å². The molecule has 1 aromatic heterocycles. The number of hydrogen-bond acceptors (Lipinski definition) is 3. The summed E-state index contributed by atoms with van der Waals surface area (Å²) in [4.78, 5) is 6.20. The van der Waals surface area contributed by atoms with Crippen molar-refractivity contribution >= 4 is 5.82 Å². The van der Waals surface area contributed by atoms with Crippen LogP contribution in [-0.4, -0.2) is 31.3 Å². The van der Waals surface area contributed by atoms with Crippen LogP contribution in [0.5, 0.6) is 0 Å². The average Bonchev–Trinajstić information content (AvgIpc) is 2.30. The highest BCUT2D eigenvalue weighted by molar-refractivity contribution is 5.38. The molecule has 2 heterocycles. The summed E-state index contributed by atoms with van der Waals surface area (Å²) >= 11 is 0. The van der Waals surface area contributed by atoms with Gasteiger partial charge in [-0.3, -0.25) is 0 Å². The van der Waals surface area contributed by atoms with Gasteiger partial charge in [-0.25, -0.2) is 9.37 Å². The number of ether oxygens (including phenoxy) is 1. The van der Waals surface area contributed by atoms with Crippen LogP contribution in [0.2, 0.25) is 0 Å². The number of nitrogens with zero attached hydrogens (tertiary/aromatic N) is 2. The fraction of sp³-hybridized carbons (Fsp3) is 0.545. The third kappa shape index (κ3) is 2.45. The first-order chi connectivity index (χ1) is 7.29. The molecule has 2 rings (SSSR count). The molecule has 0 unspecified atom stereocenters. The van der Waals surface area contributed by atoms with Gasteiger partial charge in [0.1, 0.15) is 11.6 Å². The maximum atomic E-state index is 12.7. The van der Waals surface area contributed by atoms with Crippen molar-refractivity contribution < 1.29 is 9.13 Å². The third-order valence-electron chi connectivity index (χ3n) is 2.75. The van der Waals surface area contributed by atoms with Gasteiger partial charge < -0.3 is 9.64 Å². The fourth-order valence-corrected chi connectivity index (χ4v) is 1.89. The summed E-state index contributed by atoms with van der Waals surface area (Å²) in [6, 6.07) is 3.16. The number of piperidine rings is 1. The second-order valence-corrected chi connectivity index (χ2v) is 3.78. The van der Waals surface area contributed by atoms with Gasteiger partial charge in [-0.1, -0.05) is 0 Å². The van der Waals surface area contributed by atoms with Crippen molar-refractivity contribution in [2.75, 3.05) is 25.1 Å². The van der Waals surface area contributed by atoms with Crippen LogP contribution in [0.15, 0.2) is 18.3 Å². The van der Waals surface area contributed by atoms with Crippen molar-refractivity contribution in [1.29, 1.82) is 0 Å². The highest BCUT2D eigenvalue weighted by atomic mass is 19.1. The minimum absolute atomic E-state index is 0.269. The summed E-state index contributed by atoms with van der Waals surface area (Å²) in [5, 5.41) is 0.